The SMILES string of the molecule is Nc1ccccc1NS(=O)(=O)C1CCOCC1. The van der Waals surface area contributed by atoms with Crippen LogP contribution in [0.25, 0.3) is 0 Å². The molecule has 1 heterocycles. The number of anilines is 2. The Morgan fingerprint density at radius 3 is 2.53 bits per heavy atom. The summed E-state index contributed by atoms with van der Waals surface area (Å²) in [5.41, 5.74) is 6.58. The number of para-hydroxylation sites is 2. The summed E-state index contributed by atoms with van der Waals surface area (Å²) in [4.78, 5) is 0. The van der Waals surface area contributed by atoms with Gasteiger partial charge in [-0.1, -0.05) is 12.1 Å². The van der Waals surface area contributed by atoms with E-state index in [9.17, 15) is 8.42 Å². The predicted octanol–water partition coefficient (Wildman–Crippen LogP) is 1.19. The van der Waals surface area contributed by atoms with Crippen molar-refractivity contribution in [3.8, 4) is 0 Å². The van der Waals surface area contributed by atoms with Crippen molar-refractivity contribution in [2.24, 2.45) is 0 Å². The molecule has 17 heavy (non-hydrogen) atoms. The molecule has 3 N–H and O–H groups in total. The Balaban J connectivity index is 2.14. The summed E-state index contributed by atoms with van der Waals surface area (Å²) in [5.74, 6) is 0. The van der Waals surface area contributed by atoms with Crippen LogP contribution in [0.15, 0.2) is 24.3 Å². The molecule has 2 rings (SSSR count). The molecule has 94 valence electrons. The second kappa shape index (κ2) is 4.93. The van der Waals surface area contributed by atoms with Gasteiger partial charge in [0.2, 0.25) is 10.0 Å². The molecule has 1 saturated heterocycles. The lowest BCUT2D eigenvalue weighted by Crippen LogP contribution is -2.33. The zero-order valence-electron chi connectivity index (χ0n) is 9.43. The van der Waals surface area contributed by atoms with Gasteiger partial charge >= 0.3 is 0 Å². The number of rotatable bonds is 3. The lowest BCUT2D eigenvalue weighted by Gasteiger charge is -2.23. The molecule has 0 aromatic heterocycles. The number of nitrogens with two attached hydrogens (primary N) is 1. The number of hydrogen-bond acceptors (Lipinski definition) is 4. The molecule has 1 aliphatic rings. The Morgan fingerprint density at radius 1 is 1.24 bits per heavy atom. The number of sulfonamides is 1. The molecule has 0 aliphatic carbocycles. The van der Waals surface area contributed by atoms with E-state index in [1.54, 1.807) is 24.3 Å². The summed E-state index contributed by atoms with van der Waals surface area (Å²) in [6.07, 6.45) is 1.06. The van der Waals surface area contributed by atoms with Crippen LogP contribution in [0.5, 0.6) is 0 Å². The van der Waals surface area contributed by atoms with Gasteiger partial charge in [0, 0.05) is 13.2 Å². The maximum atomic E-state index is 12.1. The average molecular weight is 256 g/mol. The van der Waals surface area contributed by atoms with E-state index in [0.717, 1.165) is 0 Å². The number of nitrogen functional groups attached to an aromatic ring is 1. The highest BCUT2D eigenvalue weighted by Gasteiger charge is 2.27. The highest BCUT2D eigenvalue weighted by Crippen LogP contribution is 2.22. The van der Waals surface area contributed by atoms with Gasteiger partial charge in [-0.15, -0.1) is 0 Å². The molecule has 1 fully saturated rings. The first-order chi connectivity index (χ1) is 8.09. The van der Waals surface area contributed by atoms with Gasteiger partial charge in [0.15, 0.2) is 0 Å². The van der Waals surface area contributed by atoms with Crippen LogP contribution in [0, 0.1) is 0 Å². The van der Waals surface area contributed by atoms with Crippen molar-refractivity contribution in [1.29, 1.82) is 0 Å². The largest absolute Gasteiger partial charge is 0.397 e. The number of ether oxygens (including phenoxy) is 1. The zero-order chi connectivity index (χ0) is 12.3. The molecule has 6 heteroatoms. The van der Waals surface area contributed by atoms with Crippen LogP contribution in [-0.2, 0) is 14.8 Å². The summed E-state index contributed by atoms with van der Waals surface area (Å²) < 4.78 is 31.9. The van der Waals surface area contributed by atoms with Crippen molar-refractivity contribution in [1.82, 2.24) is 0 Å². The summed E-state index contributed by atoms with van der Waals surface area (Å²) in [6, 6.07) is 6.84. The normalized spacial score (nSPS) is 17.9. The molecular formula is C11H16N2O3S. The van der Waals surface area contributed by atoms with Crippen molar-refractivity contribution in [2.45, 2.75) is 18.1 Å². The average Bonchev–Trinajstić information content (AvgIpc) is 2.33. The predicted molar refractivity (Wildman–Crippen MR) is 67.2 cm³/mol. The van der Waals surface area contributed by atoms with Crippen molar-refractivity contribution < 1.29 is 13.2 Å². The van der Waals surface area contributed by atoms with E-state index in [0.29, 0.717) is 37.4 Å². The van der Waals surface area contributed by atoms with Gasteiger partial charge in [-0.2, -0.15) is 0 Å². The first kappa shape index (κ1) is 12.2. The van der Waals surface area contributed by atoms with Crippen molar-refractivity contribution in [2.75, 3.05) is 23.7 Å². The minimum absolute atomic E-state index is 0.393. The molecular weight excluding hydrogens is 240 g/mol. The van der Waals surface area contributed by atoms with E-state index >= 15 is 0 Å². The number of benzene rings is 1. The van der Waals surface area contributed by atoms with Crippen LogP contribution in [0.1, 0.15) is 12.8 Å². The van der Waals surface area contributed by atoms with Crippen molar-refractivity contribution in [3.63, 3.8) is 0 Å². The molecule has 0 atom stereocenters. The van der Waals surface area contributed by atoms with Crippen LogP contribution >= 0.6 is 0 Å². The minimum atomic E-state index is -3.37. The van der Waals surface area contributed by atoms with Gasteiger partial charge < -0.3 is 10.5 Å². The number of nitrogens with one attached hydrogen (secondary N) is 1. The third kappa shape index (κ3) is 2.89. The van der Waals surface area contributed by atoms with Crippen LogP contribution in [0.3, 0.4) is 0 Å². The van der Waals surface area contributed by atoms with E-state index in [1.165, 1.54) is 0 Å². The lowest BCUT2D eigenvalue weighted by molar-refractivity contribution is 0.0984. The zero-order valence-corrected chi connectivity index (χ0v) is 10.2. The third-order valence-corrected chi connectivity index (χ3v) is 4.67. The molecule has 1 aromatic rings. The van der Waals surface area contributed by atoms with Gasteiger partial charge in [0.25, 0.3) is 0 Å². The van der Waals surface area contributed by atoms with E-state index in [4.69, 9.17) is 10.5 Å². The van der Waals surface area contributed by atoms with Gasteiger partial charge in [-0.25, -0.2) is 8.42 Å². The van der Waals surface area contributed by atoms with E-state index in [-0.39, 0.29) is 0 Å². The molecule has 1 aliphatic heterocycles. The molecule has 0 saturated carbocycles. The van der Waals surface area contributed by atoms with Crippen LogP contribution in [0.2, 0.25) is 0 Å². The maximum absolute atomic E-state index is 12.1. The summed E-state index contributed by atoms with van der Waals surface area (Å²) >= 11 is 0. The Hall–Kier alpha value is -1.27. The summed E-state index contributed by atoms with van der Waals surface area (Å²) in [5, 5.41) is -0.393. The fraction of sp³-hybridized carbons (Fsp3) is 0.455. The van der Waals surface area contributed by atoms with Crippen LogP contribution in [0.4, 0.5) is 11.4 Å². The van der Waals surface area contributed by atoms with E-state index in [1.807, 2.05) is 0 Å². The van der Waals surface area contributed by atoms with Gasteiger partial charge in [0.1, 0.15) is 0 Å². The lowest BCUT2D eigenvalue weighted by atomic mass is 10.2. The molecule has 1 aromatic carbocycles. The van der Waals surface area contributed by atoms with Crippen LogP contribution in [-0.4, -0.2) is 26.9 Å². The first-order valence-corrected chi connectivity index (χ1v) is 7.08. The Labute approximate surface area is 101 Å². The smallest absolute Gasteiger partial charge is 0.235 e. The standard InChI is InChI=1S/C11H16N2O3S/c12-10-3-1-2-4-11(10)13-17(14,15)9-5-7-16-8-6-9/h1-4,9,13H,5-8,12H2. The fourth-order valence-corrected chi connectivity index (χ4v) is 3.28. The Bertz CT molecular complexity index is 481. The second-order valence-electron chi connectivity index (χ2n) is 4.05. The first-order valence-electron chi connectivity index (χ1n) is 5.53. The molecule has 0 spiro atoms. The van der Waals surface area contributed by atoms with Crippen molar-refractivity contribution in [3.05, 3.63) is 24.3 Å². The fourth-order valence-electron chi connectivity index (χ4n) is 1.81. The van der Waals surface area contributed by atoms with E-state index in [2.05, 4.69) is 4.72 Å². The maximum Gasteiger partial charge on any atom is 0.235 e. The number of hydrogen-bond donors (Lipinski definition) is 2. The molecule has 0 bridgehead atoms. The third-order valence-electron chi connectivity index (χ3n) is 2.82. The highest BCUT2D eigenvalue weighted by molar-refractivity contribution is 7.93. The van der Waals surface area contributed by atoms with Crippen LogP contribution < -0.4 is 10.5 Å². The van der Waals surface area contributed by atoms with Gasteiger partial charge in [-0.05, 0) is 25.0 Å². The highest BCUT2D eigenvalue weighted by atomic mass is 32.2. The van der Waals surface area contributed by atoms with Gasteiger partial charge in [0.05, 0.1) is 16.6 Å². The van der Waals surface area contributed by atoms with Gasteiger partial charge in [-0.3, -0.25) is 4.72 Å². The van der Waals surface area contributed by atoms with Crippen molar-refractivity contribution >= 4 is 21.4 Å². The summed E-state index contributed by atoms with van der Waals surface area (Å²) in [7, 11) is -3.37. The quantitative estimate of drug-likeness (QED) is 0.796. The molecule has 0 radical (unpaired) electrons. The minimum Gasteiger partial charge on any atom is -0.397 e. The Morgan fingerprint density at radius 2 is 1.88 bits per heavy atom. The second-order valence-corrected chi connectivity index (χ2v) is 6.01. The Kier molecular flexibility index (Phi) is 3.54. The monoisotopic (exact) mass is 256 g/mol. The molecule has 0 unspecified atom stereocenters. The molecule has 0 amide bonds. The molecule has 5 nitrogen and oxygen atoms in total. The topological polar surface area (TPSA) is 81.4 Å². The summed E-state index contributed by atoms with van der Waals surface area (Å²) in [6.45, 7) is 0.992. The van der Waals surface area contributed by atoms with E-state index < -0.39 is 15.3 Å².